The lowest BCUT2D eigenvalue weighted by Gasteiger charge is -2.18. The molecule has 3 aromatic rings. The fourth-order valence-electron chi connectivity index (χ4n) is 3.02. The largest absolute Gasteiger partial charge is 0.486 e. The predicted octanol–water partition coefficient (Wildman–Crippen LogP) is 3.22. The van der Waals surface area contributed by atoms with Gasteiger partial charge in [-0.05, 0) is 36.4 Å². The van der Waals surface area contributed by atoms with Crippen LogP contribution < -0.4 is 20.1 Å². The van der Waals surface area contributed by atoms with Crippen molar-refractivity contribution in [3.05, 3.63) is 48.0 Å². The third-order valence-electron chi connectivity index (χ3n) is 4.49. The number of benzene rings is 2. The van der Waals surface area contributed by atoms with Crippen molar-refractivity contribution < 1.29 is 27.4 Å². The van der Waals surface area contributed by atoms with Gasteiger partial charge in [0.05, 0.1) is 5.56 Å². The maximum absolute atomic E-state index is 13.0. The molecule has 0 unspecified atom stereocenters. The highest BCUT2D eigenvalue weighted by Gasteiger charge is 2.30. The molecule has 0 atom stereocenters. The summed E-state index contributed by atoms with van der Waals surface area (Å²) >= 11 is 0. The molecule has 0 aliphatic carbocycles. The molecule has 1 aliphatic heterocycles. The number of halogens is 3. The molecule has 0 fully saturated rings. The Kier molecular flexibility index (Phi) is 5.40. The summed E-state index contributed by atoms with van der Waals surface area (Å²) in [5, 5.41) is 9.53. The number of anilines is 2. The monoisotopic (exact) mass is 433 g/mol. The molecule has 162 valence electrons. The molecule has 1 aromatic heterocycles. The minimum atomic E-state index is -4.47. The molecule has 0 bridgehead atoms. The predicted molar refractivity (Wildman–Crippen MR) is 105 cm³/mol. The number of hydrogen-bond acceptors (Lipinski definition) is 6. The summed E-state index contributed by atoms with van der Waals surface area (Å²) < 4.78 is 51.4. The second-order valence-corrected chi connectivity index (χ2v) is 6.65. The van der Waals surface area contributed by atoms with Crippen LogP contribution in [-0.2, 0) is 17.5 Å². The van der Waals surface area contributed by atoms with Crippen LogP contribution in [0.2, 0.25) is 0 Å². The first-order valence-corrected chi connectivity index (χ1v) is 9.33. The number of ether oxygens (including phenoxy) is 2. The second kappa shape index (κ2) is 8.17. The van der Waals surface area contributed by atoms with Crippen LogP contribution in [0.5, 0.6) is 11.5 Å². The van der Waals surface area contributed by atoms with Gasteiger partial charge in [-0.25, -0.2) is 4.68 Å². The van der Waals surface area contributed by atoms with Crippen molar-refractivity contribution in [3.63, 3.8) is 0 Å². The quantitative estimate of drug-likeness (QED) is 0.642. The Morgan fingerprint density at radius 1 is 1.13 bits per heavy atom. The van der Waals surface area contributed by atoms with E-state index >= 15 is 0 Å². The maximum Gasteiger partial charge on any atom is 0.416 e. The summed E-state index contributed by atoms with van der Waals surface area (Å²) in [6, 6.07) is 9.88. The van der Waals surface area contributed by atoms with Gasteiger partial charge in [-0.15, -0.1) is 5.10 Å². The Bertz CT molecular complexity index is 1110. The van der Waals surface area contributed by atoms with Gasteiger partial charge in [-0.1, -0.05) is 6.07 Å². The molecule has 8 nitrogen and oxygen atoms in total. The highest BCUT2D eigenvalue weighted by molar-refractivity contribution is 5.76. The van der Waals surface area contributed by atoms with Crippen LogP contribution >= 0.6 is 0 Å². The molecule has 0 radical (unpaired) electrons. The Morgan fingerprint density at radius 3 is 2.65 bits per heavy atom. The van der Waals surface area contributed by atoms with E-state index in [0.29, 0.717) is 36.1 Å². The van der Waals surface area contributed by atoms with Crippen molar-refractivity contribution in [1.82, 2.24) is 20.1 Å². The van der Waals surface area contributed by atoms with Crippen LogP contribution in [0.1, 0.15) is 5.56 Å². The third-order valence-corrected chi connectivity index (χ3v) is 4.49. The Morgan fingerprint density at radius 2 is 1.90 bits per heavy atom. The molecule has 1 amide bonds. The molecule has 2 heterocycles. The van der Waals surface area contributed by atoms with Gasteiger partial charge < -0.3 is 20.1 Å². The number of nitrogens with one attached hydrogen (secondary N) is 2. The van der Waals surface area contributed by atoms with Crippen molar-refractivity contribution in [3.8, 4) is 22.9 Å². The van der Waals surface area contributed by atoms with E-state index in [-0.39, 0.29) is 24.1 Å². The molecule has 4 rings (SSSR count). The minimum Gasteiger partial charge on any atom is -0.486 e. The van der Waals surface area contributed by atoms with Gasteiger partial charge in [0, 0.05) is 18.3 Å². The van der Waals surface area contributed by atoms with E-state index in [0.717, 1.165) is 12.1 Å². The van der Waals surface area contributed by atoms with Gasteiger partial charge in [0.25, 0.3) is 0 Å². The molecule has 2 N–H and O–H groups in total. The number of likely N-dealkylation sites (N-methyl/N-ethyl adjacent to an activating group) is 1. The summed E-state index contributed by atoms with van der Waals surface area (Å²) in [5.74, 6) is 1.21. The van der Waals surface area contributed by atoms with Gasteiger partial charge in [0.15, 0.2) is 17.3 Å². The highest BCUT2D eigenvalue weighted by Crippen LogP contribution is 2.35. The smallest absolute Gasteiger partial charge is 0.416 e. The summed E-state index contributed by atoms with van der Waals surface area (Å²) in [4.78, 5) is 16.3. The second-order valence-electron chi connectivity index (χ2n) is 6.65. The van der Waals surface area contributed by atoms with E-state index in [2.05, 4.69) is 20.7 Å². The molecule has 1 aliphatic rings. The standard InChI is InChI=1S/C20H18F3N5O3/c1-24-17(29)11-28-18(12-5-6-15-16(9-12)31-8-7-30-15)26-19(27-28)25-14-4-2-3-13(10-14)20(21,22)23/h2-6,9-10H,7-8,11H2,1H3,(H,24,29)(H,25,27). The Balaban J connectivity index is 1.68. The van der Waals surface area contributed by atoms with E-state index in [4.69, 9.17) is 9.47 Å². The van der Waals surface area contributed by atoms with E-state index in [1.807, 2.05) is 0 Å². The van der Waals surface area contributed by atoms with Crippen LogP contribution in [0.3, 0.4) is 0 Å². The van der Waals surface area contributed by atoms with Crippen LogP contribution in [0.15, 0.2) is 42.5 Å². The lowest BCUT2D eigenvalue weighted by Crippen LogP contribution is -2.24. The fourth-order valence-corrected chi connectivity index (χ4v) is 3.02. The summed E-state index contributed by atoms with van der Waals surface area (Å²) in [6.45, 7) is 0.728. The number of carbonyl (C=O) groups excluding carboxylic acids is 1. The van der Waals surface area contributed by atoms with Gasteiger partial charge >= 0.3 is 6.18 Å². The van der Waals surface area contributed by atoms with Crippen LogP contribution in [0.25, 0.3) is 11.4 Å². The number of nitrogens with zero attached hydrogens (tertiary/aromatic N) is 3. The van der Waals surface area contributed by atoms with E-state index in [1.165, 1.54) is 23.9 Å². The first kappa shape index (κ1) is 20.5. The first-order valence-electron chi connectivity index (χ1n) is 9.33. The lowest BCUT2D eigenvalue weighted by molar-refractivity contribution is -0.137. The van der Waals surface area contributed by atoms with Crippen molar-refractivity contribution in [2.45, 2.75) is 12.7 Å². The number of fused-ring (bicyclic) bond motifs is 1. The topological polar surface area (TPSA) is 90.3 Å². The molecular formula is C20H18F3N5O3. The molecule has 2 aromatic carbocycles. The molecular weight excluding hydrogens is 415 g/mol. The number of aromatic nitrogens is 3. The van der Waals surface area contributed by atoms with Crippen molar-refractivity contribution >= 4 is 17.5 Å². The van der Waals surface area contributed by atoms with Crippen molar-refractivity contribution in [1.29, 1.82) is 0 Å². The van der Waals surface area contributed by atoms with Crippen LogP contribution in [0.4, 0.5) is 24.8 Å². The summed E-state index contributed by atoms with van der Waals surface area (Å²) in [7, 11) is 1.49. The zero-order chi connectivity index (χ0) is 22.0. The van der Waals surface area contributed by atoms with E-state index in [1.54, 1.807) is 18.2 Å². The van der Waals surface area contributed by atoms with E-state index < -0.39 is 11.7 Å². The number of alkyl halides is 3. The number of carbonyl (C=O) groups is 1. The Labute approximate surface area is 175 Å². The lowest BCUT2D eigenvalue weighted by atomic mass is 10.2. The molecule has 31 heavy (non-hydrogen) atoms. The maximum atomic E-state index is 13.0. The minimum absolute atomic E-state index is 0.0492. The molecule has 0 saturated carbocycles. The summed E-state index contributed by atoms with van der Waals surface area (Å²) in [6.07, 6.45) is -4.47. The third kappa shape index (κ3) is 4.55. The van der Waals surface area contributed by atoms with Crippen LogP contribution in [0, 0.1) is 0 Å². The fraction of sp³-hybridized carbons (Fsp3) is 0.250. The zero-order valence-electron chi connectivity index (χ0n) is 16.4. The summed E-state index contributed by atoms with van der Waals surface area (Å²) in [5.41, 5.74) is -0.0206. The SMILES string of the molecule is CNC(=O)Cn1nc(Nc2cccc(C(F)(F)F)c2)nc1-c1ccc2c(c1)OCCO2. The van der Waals surface area contributed by atoms with Crippen molar-refractivity contribution in [2.75, 3.05) is 25.6 Å². The normalized spacial score (nSPS) is 13.0. The van der Waals surface area contributed by atoms with Gasteiger partial charge in [0.1, 0.15) is 19.8 Å². The molecule has 11 heteroatoms. The van der Waals surface area contributed by atoms with Gasteiger partial charge in [-0.2, -0.15) is 18.2 Å². The molecule has 0 spiro atoms. The molecule has 0 saturated heterocycles. The number of amides is 1. The average Bonchev–Trinajstić information content (AvgIpc) is 3.14. The van der Waals surface area contributed by atoms with Crippen LogP contribution in [-0.4, -0.2) is 40.9 Å². The number of rotatable bonds is 5. The zero-order valence-corrected chi connectivity index (χ0v) is 16.4. The Hall–Kier alpha value is -3.76. The average molecular weight is 433 g/mol. The first-order chi connectivity index (χ1) is 14.8. The van der Waals surface area contributed by atoms with Gasteiger partial charge in [0.2, 0.25) is 11.9 Å². The van der Waals surface area contributed by atoms with Crippen molar-refractivity contribution in [2.24, 2.45) is 0 Å². The number of hydrogen-bond donors (Lipinski definition) is 2. The highest BCUT2D eigenvalue weighted by atomic mass is 19.4. The van der Waals surface area contributed by atoms with Gasteiger partial charge in [-0.3, -0.25) is 4.79 Å². The van der Waals surface area contributed by atoms with E-state index in [9.17, 15) is 18.0 Å².